The lowest BCUT2D eigenvalue weighted by Crippen LogP contribution is -2.51. The van der Waals surface area contributed by atoms with Gasteiger partial charge in [-0.05, 0) is 12.1 Å². The van der Waals surface area contributed by atoms with Crippen molar-refractivity contribution >= 4 is 35.0 Å². The van der Waals surface area contributed by atoms with Crippen LogP contribution >= 0.6 is 0 Å². The van der Waals surface area contributed by atoms with Crippen LogP contribution in [-0.2, 0) is 23.9 Å². The number of rotatable bonds is 7. The lowest BCUT2D eigenvalue weighted by Gasteiger charge is -2.28. The minimum Gasteiger partial charge on any atom is -0.433 e. The Labute approximate surface area is 157 Å². The number of nitrogens with one attached hydrogen (secondary N) is 2. The summed E-state index contributed by atoms with van der Waals surface area (Å²) in [5.74, 6) is -3.55. The molecule has 0 bridgehead atoms. The standard InChI is InChI=1S/C16H18F2N4O6/c1-8(23)20-13(14(19)25)15(26)21-9-2-3-10(11(6-9)28-16(17)18)22-4-5-27-7-12(22)24/h2-3,6,13,16H,4-5,7H2,1H3,(H2,19,25)(H,20,23)(H,21,26)/t13-/m0/s1. The molecule has 4 amide bonds. The number of anilines is 2. The molecule has 1 aromatic carbocycles. The molecule has 1 saturated heterocycles. The number of hydrogen-bond donors (Lipinski definition) is 3. The first kappa shape index (κ1) is 21.0. The van der Waals surface area contributed by atoms with E-state index in [9.17, 15) is 28.0 Å². The van der Waals surface area contributed by atoms with Crippen molar-refractivity contribution < 1.29 is 37.4 Å². The number of morpholine rings is 1. The summed E-state index contributed by atoms with van der Waals surface area (Å²) in [5.41, 5.74) is 5.13. The van der Waals surface area contributed by atoms with Crippen molar-refractivity contribution in [2.24, 2.45) is 5.73 Å². The van der Waals surface area contributed by atoms with Crippen LogP contribution in [0.25, 0.3) is 0 Å². The molecule has 1 fully saturated rings. The van der Waals surface area contributed by atoms with Crippen LogP contribution in [0.5, 0.6) is 5.75 Å². The number of carbonyl (C=O) groups is 4. The highest BCUT2D eigenvalue weighted by atomic mass is 19.3. The van der Waals surface area contributed by atoms with Crippen molar-refractivity contribution in [3.63, 3.8) is 0 Å². The van der Waals surface area contributed by atoms with Gasteiger partial charge in [-0.2, -0.15) is 8.78 Å². The largest absolute Gasteiger partial charge is 0.433 e. The summed E-state index contributed by atoms with van der Waals surface area (Å²) >= 11 is 0. The van der Waals surface area contributed by atoms with Crippen LogP contribution < -0.4 is 26.0 Å². The monoisotopic (exact) mass is 400 g/mol. The van der Waals surface area contributed by atoms with Crippen molar-refractivity contribution in [3.8, 4) is 5.75 Å². The molecule has 152 valence electrons. The summed E-state index contributed by atoms with van der Waals surface area (Å²) in [5, 5.41) is 4.35. The summed E-state index contributed by atoms with van der Waals surface area (Å²) in [6.45, 7) is -1.94. The molecule has 1 aliphatic rings. The maximum Gasteiger partial charge on any atom is 0.387 e. The van der Waals surface area contributed by atoms with E-state index in [4.69, 9.17) is 10.5 Å². The van der Waals surface area contributed by atoms with Gasteiger partial charge < -0.3 is 30.7 Å². The summed E-state index contributed by atoms with van der Waals surface area (Å²) in [4.78, 5) is 47.8. The second-order valence-corrected chi connectivity index (χ2v) is 5.68. The Hall–Kier alpha value is -3.28. The Morgan fingerprint density at radius 1 is 1.32 bits per heavy atom. The zero-order valence-corrected chi connectivity index (χ0v) is 14.7. The number of ether oxygens (including phenoxy) is 2. The number of benzene rings is 1. The average Bonchev–Trinajstić information content (AvgIpc) is 2.60. The van der Waals surface area contributed by atoms with Gasteiger partial charge in [0.15, 0.2) is 11.8 Å². The molecule has 0 radical (unpaired) electrons. The second kappa shape index (κ2) is 9.08. The minimum atomic E-state index is -3.18. The first-order chi connectivity index (χ1) is 13.2. The molecule has 0 spiro atoms. The predicted molar refractivity (Wildman–Crippen MR) is 91.7 cm³/mol. The van der Waals surface area contributed by atoms with Crippen LogP contribution in [0.4, 0.5) is 20.2 Å². The lowest BCUT2D eigenvalue weighted by atomic mass is 10.2. The Kier molecular flexibility index (Phi) is 6.82. The van der Waals surface area contributed by atoms with Gasteiger partial charge in [-0.3, -0.25) is 19.2 Å². The molecule has 1 aromatic rings. The molecular weight excluding hydrogens is 382 g/mol. The van der Waals surface area contributed by atoms with Crippen LogP contribution in [0.3, 0.4) is 0 Å². The van der Waals surface area contributed by atoms with Crippen molar-refractivity contribution in [2.45, 2.75) is 19.6 Å². The normalized spacial score (nSPS) is 15.1. The van der Waals surface area contributed by atoms with E-state index in [1.54, 1.807) is 0 Å². The predicted octanol–water partition coefficient (Wildman–Crippen LogP) is -0.420. The summed E-state index contributed by atoms with van der Waals surface area (Å²) in [7, 11) is 0. The van der Waals surface area contributed by atoms with Crippen LogP contribution in [0, 0.1) is 0 Å². The van der Waals surface area contributed by atoms with Gasteiger partial charge in [-0.25, -0.2) is 0 Å². The van der Waals surface area contributed by atoms with E-state index in [1.165, 1.54) is 17.0 Å². The number of amides is 4. The van der Waals surface area contributed by atoms with Gasteiger partial charge in [0.2, 0.25) is 11.8 Å². The molecule has 1 aliphatic heterocycles. The number of alkyl halides is 2. The Morgan fingerprint density at radius 2 is 2.04 bits per heavy atom. The third-order valence-electron chi connectivity index (χ3n) is 3.61. The zero-order chi connectivity index (χ0) is 20.8. The topological polar surface area (TPSA) is 140 Å². The number of halogens is 2. The number of hydrogen-bond acceptors (Lipinski definition) is 6. The van der Waals surface area contributed by atoms with Gasteiger partial charge in [0.1, 0.15) is 6.61 Å². The molecule has 4 N–H and O–H groups in total. The highest BCUT2D eigenvalue weighted by molar-refractivity contribution is 6.11. The fourth-order valence-electron chi connectivity index (χ4n) is 2.46. The SMILES string of the molecule is CC(=O)N[C@@H](C(N)=O)C(=O)Nc1ccc(N2CCOCC2=O)c(OC(F)F)c1. The minimum absolute atomic E-state index is 0.0123. The van der Waals surface area contributed by atoms with Crippen LogP contribution in [0.1, 0.15) is 6.92 Å². The molecule has 0 aliphatic carbocycles. The lowest BCUT2D eigenvalue weighted by molar-refractivity contribution is -0.132. The number of nitrogens with zero attached hydrogens (tertiary/aromatic N) is 1. The van der Waals surface area contributed by atoms with Crippen molar-refractivity contribution in [3.05, 3.63) is 18.2 Å². The van der Waals surface area contributed by atoms with E-state index in [0.29, 0.717) is 0 Å². The molecule has 12 heteroatoms. The molecule has 0 unspecified atom stereocenters. The van der Waals surface area contributed by atoms with Gasteiger partial charge in [0, 0.05) is 25.2 Å². The van der Waals surface area contributed by atoms with Gasteiger partial charge in [-0.15, -0.1) is 0 Å². The fraction of sp³-hybridized carbons (Fsp3) is 0.375. The van der Waals surface area contributed by atoms with Gasteiger partial charge >= 0.3 is 6.61 Å². The van der Waals surface area contributed by atoms with Crippen molar-refractivity contribution in [2.75, 3.05) is 30.0 Å². The maximum absolute atomic E-state index is 12.8. The first-order valence-corrected chi connectivity index (χ1v) is 8.03. The Morgan fingerprint density at radius 3 is 2.61 bits per heavy atom. The van der Waals surface area contributed by atoms with Crippen molar-refractivity contribution in [1.29, 1.82) is 0 Å². The molecular formula is C16H18F2N4O6. The highest BCUT2D eigenvalue weighted by Gasteiger charge is 2.27. The smallest absolute Gasteiger partial charge is 0.387 e. The van der Waals surface area contributed by atoms with Gasteiger partial charge in [0.05, 0.1) is 12.3 Å². The zero-order valence-electron chi connectivity index (χ0n) is 14.7. The summed E-state index contributed by atoms with van der Waals surface area (Å²) in [6, 6.07) is 2.03. The average molecular weight is 400 g/mol. The van der Waals surface area contributed by atoms with Crippen LogP contribution in [-0.4, -0.2) is 56.0 Å². The van der Waals surface area contributed by atoms with Crippen LogP contribution in [0.15, 0.2) is 18.2 Å². The molecule has 28 heavy (non-hydrogen) atoms. The second-order valence-electron chi connectivity index (χ2n) is 5.68. The van der Waals surface area contributed by atoms with E-state index >= 15 is 0 Å². The highest BCUT2D eigenvalue weighted by Crippen LogP contribution is 2.33. The summed E-state index contributed by atoms with van der Waals surface area (Å²) in [6.07, 6.45) is 0. The number of carbonyl (C=O) groups excluding carboxylic acids is 4. The third kappa shape index (κ3) is 5.36. The molecule has 2 rings (SSSR count). The number of nitrogens with two attached hydrogens (primary N) is 1. The quantitative estimate of drug-likeness (QED) is 0.531. The maximum atomic E-state index is 12.8. The molecule has 10 nitrogen and oxygen atoms in total. The van der Waals surface area contributed by atoms with Crippen LogP contribution in [0.2, 0.25) is 0 Å². The van der Waals surface area contributed by atoms with Gasteiger partial charge in [0.25, 0.3) is 11.8 Å². The molecule has 1 atom stereocenters. The number of primary amides is 1. The first-order valence-electron chi connectivity index (χ1n) is 8.03. The van der Waals surface area contributed by atoms with E-state index < -0.39 is 36.3 Å². The van der Waals surface area contributed by atoms with E-state index in [1.807, 2.05) is 0 Å². The fourth-order valence-corrected chi connectivity index (χ4v) is 2.46. The molecule has 0 aromatic heterocycles. The third-order valence-corrected chi connectivity index (χ3v) is 3.61. The molecule has 1 heterocycles. The Balaban J connectivity index is 2.28. The van der Waals surface area contributed by atoms with E-state index in [2.05, 4.69) is 15.4 Å². The van der Waals surface area contributed by atoms with Crippen molar-refractivity contribution in [1.82, 2.24) is 5.32 Å². The summed E-state index contributed by atoms with van der Waals surface area (Å²) < 4.78 is 35.0. The van der Waals surface area contributed by atoms with E-state index in [-0.39, 0.29) is 36.9 Å². The molecule has 0 saturated carbocycles. The van der Waals surface area contributed by atoms with Gasteiger partial charge in [-0.1, -0.05) is 0 Å². The van der Waals surface area contributed by atoms with E-state index in [0.717, 1.165) is 13.0 Å². The Bertz CT molecular complexity index is 788.